The summed E-state index contributed by atoms with van der Waals surface area (Å²) in [5, 5.41) is 18.7. The number of rotatable bonds is 2. The molecule has 0 spiro atoms. The maximum atomic E-state index is 9.86. The molecule has 3 nitrogen and oxygen atoms in total. The lowest BCUT2D eigenvalue weighted by Gasteiger charge is -2.28. The third kappa shape index (κ3) is 3.27. The van der Waals surface area contributed by atoms with Crippen LogP contribution in [-0.4, -0.2) is 23.3 Å². The molecule has 2 fully saturated rings. The number of aliphatic hydroxyl groups is 1. The molecule has 0 radical (unpaired) electrons. The average Bonchev–Trinajstić information content (AvgIpc) is 2.32. The molecule has 2 aliphatic rings. The van der Waals surface area contributed by atoms with Crippen molar-refractivity contribution in [2.75, 3.05) is 0 Å². The van der Waals surface area contributed by atoms with E-state index < -0.39 is 0 Å². The molecule has 0 aliphatic heterocycles. The summed E-state index contributed by atoms with van der Waals surface area (Å²) in [5.41, 5.74) is 0. The molecule has 2 rings (SSSR count). The first-order valence-corrected chi connectivity index (χ1v) is 6.83. The van der Waals surface area contributed by atoms with Crippen LogP contribution in [0.5, 0.6) is 0 Å². The van der Waals surface area contributed by atoms with Crippen molar-refractivity contribution in [3.63, 3.8) is 0 Å². The lowest BCUT2D eigenvalue weighted by Crippen LogP contribution is -2.31. The fourth-order valence-electron chi connectivity index (χ4n) is 2.84. The second kappa shape index (κ2) is 5.76. The molecule has 3 atom stereocenters. The monoisotopic (exact) mass is 224 g/mol. The van der Waals surface area contributed by atoms with Crippen molar-refractivity contribution in [1.29, 1.82) is 0 Å². The van der Waals surface area contributed by atoms with E-state index in [1.165, 1.54) is 32.1 Å². The molecule has 2 saturated carbocycles. The predicted molar refractivity (Wildman–Crippen MR) is 64.5 cm³/mol. The van der Waals surface area contributed by atoms with Gasteiger partial charge in [-0.15, -0.1) is 0 Å². The van der Waals surface area contributed by atoms with Gasteiger partial charge in [-0.1, -0.05) is 26.2 Å². The van der Waals surface area contributed by atoms with Gasteiger partial charge < -0.3 is 5.11 Å². The van der Waals surface area contributed by atoms with Gasteiger partial charge in [-0.3, -0.25) is 0 Å². The van der Waals surface area contributed by atoms with Gasteiger partial charge in [-0.2, -0.15) is 10.2 Å². The summed E-state index contributed by atoms with van der Waals surface area (Å²) in [7, 11) is 0. The molecule has 0 saturated heterocycles. The Bertz CT molecular complexity index is 236. The van der Waals surface area contributed by atoms with E-state index in [1.54, 1.807) is 0 Å². The molecule has 16 heavy (non-hydrogen) atoms. The highest BCUT2D eigenvalue weighted by molar-refractivity contribution is 4.83. The van der Waals surface area contributed by atoms with Gasteiger partial charge in [0.25, 0.3) is 0 Å². The van der Waals surface area contributed by atoms with E-state index in [0.29, 0.717) is 12.0 Å². The second-order valence-corrected chi connectivity index (χ2v) is 5.58. The smallest absolute Gasteiger partial charge is 0.0969 e. The Morgan fingerprint density at radius 1 is 0.938 bits per heavy atom. The van der Waals surface area contributed by atoms with E-state index in [1.807, 2.05) is 0 Å². The molecule has 3 heteroatoms. The zero-order valence-electron chi connectivity index (χ0n) is 10.3. The molecular weight excluding hydrogens is 200 g/mol. The number of nitrogens with zero attached hydrogens (tertiary/aromatic N) is 2. The van der Waals surface area contributed by atoms with Gasteiger partial charge in [0.15, 0.2) is 0 Å². The van der Waals surface area contributed by atoms with Crippen molar-refractivity contribution in [3.8, 4) is 0 Å². The van der Waals surface area contributed by atoms with Crippen molar-refractivity contribution in [1.82, 2.24) is 0 Å². The number of hydrogen-bond acceptors (Lipinski definition) is 3. The van der Waals surface area contributed by atoms with Crippen molar-refractivity contribution in [2.45, 2.75) is 76.5 Å². The summed E-state index contributed by atoms with van der Waals surface area (Å²) in [6, 6.07) is 0.517. The molecule has 3 unspecified atom stereocenters. The molecule has 92 valence electrons. The fraction of sp³-hybridized carbons (Fsp3) is 1.00. The van der Waals surface area contributed by atoms with E-state index >= 15 is 0 Å². The summed E-state index contributed by atoms with van der Waals surface area (Å²) >= 11 is 0. The maximum Gasteiger partial charge on any atom is 0.0969 e. The standard InChI is InChI=1S/C13H24N2O/c1-10-7-8-13(16)12(9-10)15-14-11-5-3-2-4-6-11/h10-13,16H,2-9H2,1H3. The van der Waals surface area contributed by atoms with Crippen LogP contribution in [0.1, 0.15) is 58.3 Å². The Hall–Kier alpha value is -0.440. The summed E-state index contributed by atoms with van der Waals surface area (Å²) < 4.78 is 0. The van der Waals surface area contributed by atoms with E-state index in [9.17, 15) is 5.11 Å². The maximum absolute atomic E-state index is 9.86. The molecule has 0 aromatic rings. The Morgan fingerprint density at radius 2 is 1.69 bits per heavy atom. The average molecular weight is 224 g/mol. The van der Waals surface area contributed by atoms with Crippen LogP contribution in [0.4, 0.5) is 0 Å². The lowest BCUT2D eigenvalue weighted by atomic mass is 9.85. The van der Waals surface area contributed by atoms with Crippen LogP contribution in [0.3, 0.4) is 0 Å². The van der Waals surface area contributed by atoms with Gasteiger partial charge in [-0.25, -0.2) is 0 Å². The van der Waals surface area contributed by atoms with Gasteiger partial charge in [0.2, 0.25) is 0 Å². The Kier molecular flexibility index (Phi) is 4.33. The van der Waals surface area contributed by atoms with Crippen molar-refractivity contribution >= 4 is 0 Å². The van der Waals surface area contributed by atoms with Crippen molar-refractivity contribution in [3.05, 3.63) is 0 Å². The third-order valence-corrected chi connectivity index (χ3v) is 4.00. The summed E-state index contributed by atoms with van der Waals surface area (Å²) in [5.74, 6) is 0.693. The Morgan fingerprint density at radius 3 is 2.44 bits per heavy atom. The fourth-order valence-corrected chi connectivity index (χ4v) is 2.84. The Balaban J connectivity index is 1.84. The molecule has 0 aromatic carbocycles. The molecule has 0 heterocycles. The van der Waals surface area contributed by atoms with Crippen LogP contribution in [0.2, 0.25) is 0 Å². The summed E-state index contributed by atoms with van der Waals surface area (Å²) in [6.45, 7) is 2.25. The minimum absolute atomic E-state index is 0.0747. The second-order valence-electron chi connectivity index (χ2n) is 5.58. The van der Waals surface area contributed by atoms with Gasteiger partial charge in [0.05, 0.1) is 18.2 Å². The number of hydrogen-bond donors (Lipinski definition) is 1. The first-order chi connectivity index (χ1) is 7.75. The minimum Gasteiger partial charge on any atom is -0.391 e. The largest absolute Gasteiger partial charge is 0.391 e. The highest BCUT2D eigenvalue weighted by Gasteiger charge is 2.27. The van der Waals surface area contributed by atoms with Crippen LogP contribution in [0.15, 0.2) is 10.2 Å². The molecule has 1 N–H and O–H groups in total. The summed E-state index contributed by atoms with van der Waals surface area (Å²) in [6.07, 6.45) is 9.15. The zero-order chi connectivity index (χ0) is 11.4. The van der Waals surface area contributed by atoms with Gasteiger partial charge in [0, 0.05) is 0 Å². The lowest BCUT2D eigenvalue weighted by molar-refractivity contribution is 0.0875. The highest BCUT2D eigenvalue weighted by Crippen LogP contribution is 2.27. The molecule has 0 aromatic heterocycles. The van der Waals surface area contributed by atoms with Crippen LogP contribution in [0.25, 0.3) is 0 Å². The minimum atomic E-state index is -0.247. The SMILES string of the molecule is CC1CCC(O)C(N=NC2CCCCC2)C1. The van der Waals surface area contributed by atoms with E-state index in [2.05, 4.69) is 17.2 Å². The number of azo groups is 1. The van der Waals surface area contributed by atoms with Gasteiger partial charge >= 0.3 is 0 Å². The van der Waals surface area contributed by atoms with Gasteiger partial charge in [0.1, 0.15) is 0 Å². The number of aliphatic hydroxyl groups excluding tert-OH is 1. The highest BCUT2D eigenvalue weighted by atomic mass is 16.3. The van der Waals surface area contributed by atoms with Crippen molar-refractivity contribution in [2.24, 2.45) is 16.1 Å². The quantitative estimate of drug-likeness (QED) is 0.718. The zero-order valence-corrected chi connectivity index (χ0v) is 10.3. The molecular formula is C13H24N2O. The van der Waals surface area contributed by atoms with Crippen LogP contribution in [-0.2, 0) is 0 Å². The van der Waals surface area contributed by atoms with E-state index in [4.69, 9.17) is 0 Å². The van der Waals surface area contributed by atoms with E-state index in [-0.39, 0.29) is 12.1 Å². The van der Waals surface area contributed by atoms with Crippen LogP contribution in [0, 0.1) is 5.92 Å². The predicted octanol–water partition coefficient (Wildman–Crippen LogP) is 3.32. The topological polar surface area (TPSA) is 45.0 Å². The molecule has 0 amide bonds. The normalized spacial score (nSPS) is 38.0. The van der Waals surface area contributed by atoms with Crippen molar-refractivity contribution < 1.29 is 5.11 Å². The Labute approximate surface area is 98.3 Å². The van der Waals surface area contributed by atoms with Gasteiger partial charge in [-0.05, 0) is 38.0 Å². The van der Waals surface area contributed by atoms with Crippen LogP contribution >= 0.6 is 0 Å². The molecule has 0 bridgehead atoms. The first-order valence-electron chi connectivity index (χ1n) is 6.83. The first kappa shape index (κ1) is 12.0. The van der Waals surface area contributed by atoms with Crippen LogP contribution < -0.4 is 0 Å². The molecule has 2 aliphatic carbocycles. The third-order valence-electron chi connectivity index (χ3n) is 4.00. The summed E-state index contributed by atoms with van der Waals surface area (Å²) in [4.78, 5) is 0. The van der Waals surface area contributed by atoms with E-state index in [0.717, 1.165) is 19.3 Å².